The van der Waals surface area contributed by atoms with E-state index in [2.05, 4.69) is 5.32 Å². The molecular weight excluding hydrogens is 277 g/mol. The Labute approximate surface area is 121 Å². The van der Waals surface area contributed by atoms with E-state index in [1.54, 1.807) is 32.0 Å². The van der Waals surface area contributed by atoms with E-state index in [4.69, 9.17) is 0 Å². The number of hydrogen-bond acceptors (Lipinski definition) is 3. The van der Waals surface area contributed by atoms with E-state index in [-0.39, 0.29) is 22.7 Å². The molecule has 0 aliphatic rings. The van der Waals surface area contributed by atoms with Crippen molar-refractivity contribution in [3.63, 3.8) is 0 Å². The van der Waals surface area contributed by atoms with Crippen molar-refractivity contribution in [3.8, 4) is 0 Å². The molecular formula is C15H24FNO2S. The van der Waals surface area contributed by atoms with Crippen molar-refractivity contribution >= 4 is 9.84 Å². The molecule has 0 aliphatic carbocycles. The van der Waals surface area contributed by atoms with Gasteiger partial charge in [0.05, 0.1) is 11.0 Å². The molecule has 1 unspecified atom stereocenters. The van der Waals surface area contributed by atoms with Crippen molar-refractivity contribution in [3.05, 3.63) is 35.6 Å². The fraction of sp³-hybridized carbons (Fsp3) is 0.600. The largest absolute Gasteiger partial charge is 0.316 e. The Kier molecular flexibility index (Phi) is 6.62. The maximum Gasteiger partial charge on any atom is 0.152 e. The summed E-state index contributed by atoms with van der Waals surface area (Å²) in [4.78, 5) is 0. The molecule has 1 N–H and O–H groups in total. The van der Waals surface area contributed by atoms with Gasteiger partial charge in [-0.05, 0) is 38.4 Å². The first-order valence-corrected chi connectivity index (χ1v) is 8.76. The van der Waals surface area contributed by atoms with Gasteiger partial charge >= 0.3 is 0 Å². The highest BCUT2D eigenvalue weighted by molar-refractivity contribution is 7.91. The van der Waals surface area contributed by atoms with E-state index in [0.717, 1.165) is 6.54 Å². The smallest absolute Gasteiger partial charge is 0.152 e. The lowest BCUT2D eigenvalue weighted by molar-refractivity contribution is 0.530. The standard InChI is InChI=1S/C15H24FNO2S/c1-4-17-11-13(9-10-20(18,19)12(2)3)14-7-5-6-8-15(14)16/h5-8,12-13,17H,4,9-11H2,1-3H3. The molecule has 20 heavy (non-hydrogen) atoms. The molecule has 0 fully saturated rings. The zero-order valence-corrected chi connectivity index (χ0v) is 13.2. The number of hydrogen-bond donors (Lipinski definition) is 1. The van der Waals surface area contributed by atoms with E-state index in [1.165, 1.54) is 6.07 Å². The molecule has 0 amide bonds. The Bertz CT molecular complexity index is 514. The minimum atomic E-state index is -3.09. The highest BCUT2D eigenvalue weighted by atomic mass is 32.2. The maximum atomic E-state index is 13.9. The number of nitrogens with one attached hydrogen (secondary N) is 1. The van der Waals surface area contributed by atoms with Crippen LogP contribution in [-0.4, -0.2) is 32.5 Å². The van der Waals surface area contributed by atoms with Crippen LogP contribution in [0.2, 0.25) is 0 Å². The summed E-state index contributed by atoms with van der Waals surface area (Å²) in [6, 6.07) is 6.59. The van der Waals surface area contributed by atoms with Crippen LogP contribution in [0, 0.1) is 5.82 Å². The molecule has 1 aromatic carbocycles. The molecule has 1 atom stereocenters. The normalized spacial score (nSPS) is 13.7. The third-order valence-corrected chi connectivity index (χ3v) is 5.70. The lowest BCUT2D eigenvalue weighted by atomic mass is 9.96. The highest BCUT2D eigenvalue weighted by Gasteiger charge is 2.21. The van der Waals surface area contributed by atoms with Crippen LogP contribution in [-0.2, 0) is 9.84 Å². The minimum Gasteiger partial charge on any atom is -0.316 e. The second kappa shape index (κ2) is 7.74. The SMILES string of the molecule is CCNCC(CCS(=O)(=O)C(C)C)c1ccccc1F. The van der Waals surface area contributed by atoms with Crippen LogP contribution in [0.15, 0.2) is 24.3 Å². The quantitative estimate of drug-likeness (QED) is 0.803. The van der Waals surface area contributed by atoms with Gasteiger partial charge < -0.3 is 5.32 Å². The molecule has 1 aromatic rings. The first-order valence-electron chi connectivity index (χ1n) is 7.05. The van der Waals surface area contributed by atoms with Crippen molar-refractivity contribution in [1.82, 2.24) is 5.32 Å². The molecule has 0 aliphatic heterocycles. The molecule has 114 valence electrons. The number of likely N-dealkylation sites (N-methyl/N-ethyl adjacent to an activating group) is 1. The first-order chi connectivity index (χ1) is 9.38. The van der Waals surface area contributed by atoms with Crippen molar-refractivity contribution in [2.75, 3.05) is 18.8 Å². The van der Waals surface area contributed by atoms with Gasteiger partial charge in [0.15, 0.2) is 9.84 Å². The molecule has 5 heteroatoms. The first kappa shape index (κ1) is 17.1. The lowest BCUT2D eigenvalue weighted by Gasteiger charge is -2.19. The van der Waals surface area contributed by atoms with Crippen molar-refractivity contribution in [1.29, 1.82) is 0 Å². The monoisotopic (exact) mass is 301 g/mol. The summed E-state index contributed by atoms with van der Waals surface area (Å²) in [6.07, 6.45) is 0.439. The summed E-state index contributed by atoms with van der Waals surface area (Å²) in [5.41, 5.74) is 0.590. The van der Waals surface area contributed by atoms with Crippen LogP contribution < -0.4 is 5.32 Å². The number of rotatable bonds is 8. The molecule has 0 saturated heterocycles. The van der Waals surface area contributed by atoms with Gasteiger partial charge in [0.2, 0.25) is 0 Å². The fourth-order valence-electron chi connectivity index (χ4n) is 2.03. The summed E-state index contributed by atoms with van der Waals surface area (Å²) in [5.74, 6) is -0.295. The maximum absolute atomic E-state index is 13.9. The van der Waals surface area contributed by atoms with Gasteiger partial charge in [-0.25, -0.2) is 12.8 Å². The molecule has 0 heterocycles. The summed E-state index contributed by atoms with van der Waals surface area (Å²) in [6.45, 7) is 6.70. The van der Waals surface area contributed by atoms with Crippen LogP contribution in [0.1, 0.15) is 38.7 Å². The summed E-state index contributed by atoms with van der Waals surface area (Å²) in [5, 5.41) is 2.79. The topological polar surface area (TPSA) is 46.2 Å². The highest BCUT2D eigenvalue weighted by Crippen LogP contribution is 2.23. The summed E-state index contributed by atoms with van der Waals surface area (Å²) >= 11 is 0. The van der Waals surface area contributed by atoms with Gasteiger partial charge in [0.25, 0.3) is 0 Å². The lowest BCUT2D eigenvalue weighted by Crippen LogP contribution is -2.25. The van der Waals surface area contributed by atoms with Crippen molar-refractivity contribution in [2.45, 2.75) is 38.4 Å². The zero-order chi connectivity index (χ0) is 15.2. The molecule has 0 radical (unpaired) electrons. The van der Waals surface area contributed by atoms with E-state index in [9.17, 15) is 12.8 Å². The average molecular weight is 301 g/mol. The van der Waals surface area contributed by atoms with Gasteiger partial charge in [0, 0.05) is 12.5 Å². The van der Waals surface area contributed by atoms with Crippen LogP contribution in [0.4, 0.5) is 4.39 Å². The van der Waals surface area contributed by atoms with E-state index >= 15 is 0 Å². The fourth-order valence-corrected chi connectivity index (χ4v) is 3.12. The third kappa shape index (κ3) is 4.87. The molecule has 1 rings (SSSR count). The zero-order valence-electron chi connectivity index (χ0n) is 12.4. The predicted octanol–water partition coefficient (Wildman–Crippen LogP) is 2.73. The van der Waals surface area contributed by atoms with Crippen LogP contribution in [0.25, 0.3) is 0 Å². The summed E-state index contributed by atoms with van der Waals surface area (Å²) < 4.78 is 37.7. The Morgan fingerprint density at radius 1 is 1.25 bits per heavy atom. The molecule has 0 aromatic heterocycles. The van der Waals surface area contributed by atoms with Gasteiger partial charge in [-0.1, -0.05) is 25.1 Å². The molecule has 0 bridgehead atoms. The van der Waals surface area contributed by atoms with Crippen LogP contribution in [0.3, 0.4) is 0 Å². The van der Waals surface area contributed by atoms with Crippen LogP contribution >= 0.6 is 0 Å². The Morgan fingerprint density at radius 3 is 2.45 bits per heavy atom. The second-order valence-electron chi connectivity index (χ2n) is 5.23. The second-order valence-corrected chi connectivity index (χ2v) is 7.91. The van der Waals surface area contributed by atoms with Crippen molar-refractivity contribution in [2.24, 2.45) is 0 Å². The van der Waals surface area contributed by atoms with Gasteiger partial charge in [-0.15, -0.1) is 0 Å². The molecule has 3 nitrogen and oxygen atoms in total. The predicted molar refractivity (Wildman–Crippen MR) is 81.2 cm³/mol. The number of halogens is 1. The van der Waals surface area contributed by atoms with Crippen LogP contribution in [0.5, 0.6) is 0 Å². The Morgan fingerprint density at radius 2 is 1.90 bits per heavy atom. The average Bonchev–Trinajstić information content (AvgIpc) is 2.40. The third-order valence-electron chi connectivity index (χ3n) is 3.45. The minimum absolute atomic E-state index is 0.0923. The summed E-state index contributed by atoms with van der Waals surface area (Å²) in [7, 11) is -3.09. The van der Waals surface area contributed by atoms with Gasteiger partial charge in [0.1, 0.15) is 5.82 Å². The van der Waals surface area contributed by atoms with E-state index < -0.39 is 9.84 Å². The molecule has 0 spiro atoms. The number of benzene rings is 1. The van der Waals surface area contributed by atoms with Gasteiger partial charge in [-0.3, -0.25) is 0 Å². The Balaban J connectivity index is 2.83. The number of sulfone groups is 1. The van der Waals surface area contributed by atoms with E-state index in [0.29, 0.717) is 18.5 Å². The Hall–Kier alpha value is -0.940. The van der Waals surface area contributed by atoms with E-state index in [1.807, 2.05) is 6.92 Å². The molecule has 0 saturated carbocycles. The van der Waals surface area contributed by atoms with Crippen molar-refractivity contribution < 1.29 is 12.8 Å². The van der Waals surface area contributed by atoms with Gasteiger partial charge in [-0.2, -0.15) is 0 Å².